The first-order chi connectivity index (χ1) is 13.7. The molecule has 0 radical (unpaired) electrons. The van der Waals surface area contributed by atoms with Crippen molar-refractivity contribution in [2.45, 2.75) is 19.8 Å². The summed E-state index contributed by atoms with van der Waals surface area (Å²) < 4.78 is 14.8. The molecule has 0 saturated carbocycles. The monoisotopic (exact) mass is 508 g/mol. The first-order valence-corrected chi connectivity index (χ1v) is 9.47. The molecule has 2 aromatic heterocycles. The lowest BCUT2D eigenvalue weighted by atomic mass is 10.3. The fraction of sp³-hybridized carbons (Fsp3) is 0.286. The van der Waals surface area contributed by atoms with Crippen molar-refractivity contribution in [1.29, 1.82) is 0 Å². The Bertz CT molecular complexity index is 880. The van der Waals surface area contributed by atoms with Gasteiger partial charge in [-0.25, -0.2) is 9.07 Å². The molecule has 0 bridgehead atoms. The predicted octanol–water partition coefficient (Wildman–Crippen LogP) is 3.36. The number of nitrogens with one attached hydrogen (secondary N) is 2. The molecule has 0 saturated heterocycles. The molecule has 3 rings (SSSR count). The average molecular weight is 508 g/mol. The standard InChI is InChI=1S/C21H25FN6.HI/c1-2-23-21(25-14-10-18-5-3-4-13-24-18)26-15-11-19-12-16-28(27-19)20-8-6-17(22)7-9-20;/h3-9,12-13,16H,2,10-11,14-15H2,1H3,(H2,23,25,26);1H. The Hall–Kier alpha value is -2.49. The van der Waals surface area contributed by atoms with E-state index in [2.05, 4.69) is 25.7 Å². The number of hydrogen-bond donors (Lipinski definition) is 2. The van der Waals surface area contributed by atoms with Crippen LogP contribution in [0.15, 0.2) is 65.9 Å². The molecule has 154 valence electrons. The van der Waals surface area contributed by atoms with Gasteiger partial charge in [0.2, 0.25) is 0 Å². The fourth-order valence-electron chi connectivity index (χ4n) is 2.71. The molecule has 0 aliphatic rings. The Morgan fingerprint density at radius 2 is 1.86 bits per heavy atom. The van der Waals surface area contributed by atoms with E-state index in [0.29, 0.717) is 6.54 Å². The summed E-state index contributed by atoms with van der Waals surface area (Å²) in [7, 11) is 0. The molecule has 0 aliphatic carbocycles. The highest BCUT2D eigenvalue weighted by Gasteiger charge is 2.03. The van der Waals surface area contributed by atoms with E-state index in [4.69, 9.17) is 0 Å². The highest BCUT2D eigenvalue weighted by molar-refractivity contribution is 14.0. The Morgan fingerprint density at radius 3 is 2.59 bits per heavy atom. The van der Waals surface area contributed by atoms with Crippen LogP contribution in [0.4, 0.5) is 4.39 Å². The van der Waals surface area contributed by atoms with Gasteiger partial charge in [-0.1, -0.05) is 6.07 Å². The maximum Gasteiger partial charge on any atom is 0.191 e. The van der Waals surface area contributed by atoms with Gasteiger partial charge in [0, 0.05) is 50.6 Å². The van der Waals surface area contributed by atoms with E-state index < -0.39 is 0 Å². The molecular formula is C21H26FIN6. The zero-order valence-corrected chi connectivity index (χ0v) is 18.7. The molecule has 0 amide bonds. The molecular weight excluding hydrogens is 482 g/mol. The summed E-state index contributed by atoms with van der Waals surface area (Å²) in [6.45, 7) is 4.23. The van der Waals surface area contributed by atoms with E-state index >= 15 is 0 Å². The lowest BCUT2D eigenvalue weighted by molar-refractivity contribution is 0.627. The minimum atomic E-state index is -0.251. The summed E-state index contributed by atoms with van der Waals surface area (Å²) in [4.78, 5) is 8.91. The molecule has 0 spiro atoms. The van der Waals surface area contributed by atoms with Gasteiger partial charge < -0.3 is 10.6 Å². The molecule has 8 heteroatoms. The van der Waals surface area contributed by atoms with Gasteiger partial charge in [-0.2, -0.15) is 5.10 Å². The van der Waals surface area contributed by atoms with Crippen LogP contribution in [-0.2, 0) is 12.8 Å². The fourth-order valence-corrected chi connectivity index (χ4v) is 2.71. The Balaban J connectivity index is 0.00000300. The van der Waals surface area contributed by atoms with E-state index in [1.807, 2.05) is 37.4 Å². The third kappa shape index (κ3) is 7.45. The second-order valence-electron chi connectivity index (χ2n) is 6.24. The van der Waals surface area contributed by atoms with Gasteiger partial charge in [0.1, 0.15) is 5.82 Å². The Kier molecular flexibility index (Phi) is 9.55. The third-order valence-corrected chi connectivity index (χ3v) is 4.12. The molecule has 0 atom stereocenters. The zero-order valence-electron chi connectivity index (χ0n) is 16.4. The summed E-state index contributed by atoms with van der Waals surface area (Å²) in [6.07, 6.45) is 5.25. The number of guanidine groups is 1. The highest BCUT2D eigenvalue weighted by atomic mass is 127. The van der Waals surface area contributed by atoms with Crippen molar-refractivity contribution in [1.82, 2.24) is 25.4 Å². The van der Waals surface area contributed by atoms with Crippen molar-refractivity contribution < 1.29 is 4.39 Å². The van der Waals surface area contributed by atoms with Crippen molar-refractivity contribution in [3.8, 4) is 5.69 Å². The maximum atomic E-state index is 13.0. The van der Waals surface area contributed by atoms with Gasteiger partial charge >= 0.3 is 0 Å². The van der Waals surface area contributed by atoms with Crippen LogP contribution in [0.2, 0.25) is 0 Å². The van der Waals surface area contributed by atoms with Gasteiger partial charge in [0.05, 0.1) is 11.4 Å². The van der Waals surface area contributed by atoms with Crippen LogP contribution in [0, 0.1) is 5.82 Å². The van der Waals surface area contributed by atoms with Crippen molar-refractivity contribution in [2.24, 2.45) is 4.99 Å². The van der Waals surface area contributed by atoms with Crippen LogP contribution in [0.5, 0.6) is 0 Å². The number of hydrogen-bond acceptors (Lipinski definition) is 3. The first kappa shape index (κ1) is 22.8. The topological polar surface area (TPSA) is 67.1 Å². The molecule has 29 heavy (non-hydrogen) atoms. The van der Waals surface area contributed by atoms with Gasteiger partial charge in [-0.05, 0) is 49.4 Å². The minimum Gasteiger partial charge on any atom is -0.357 e. The van der Waals surface area contributed by atoms with Crippen LogP contribution >= 0.6 is 24.0 Å². The minimum absolute atomic E-state index is 0. The second kappa shape index (κ2) is 12.2. The van der Waals surface area contributed by atoms with Crippen LogP contribution in [0.25, 0.3) is 5.69 Å². The molecule has 2 heterocycles. The van der Waals surface area contributed by atoms with E-state index in [1.54, 1.807) is 23.0 Å². The number of benzene rings is 1. The lowest BCUT2D eigenvalue weighted by Gasteiger charge is -2.10. The van der Waals surface area contributed by atoms with E-state index in [1.165, 1.54) is 12.1 Å². The van der Waals surface area contributed by atoms with Crippen LogP contribution in [0.3, 0.4) is 0 Å². The Morgan fingerprint density at radius 1 is 1.03 bits per heavy atom. The van der Waals surface area contributed by atoms with Crippen LogP contribution in [-0.4, -0.2) is 40.4 Å². The third-order valence-electron chi connectivity index (χ3n) is 4.12. The molecule has 2 N–H and O–H groups in total. The normalized spacial score (nSPS) is 11.0. The SMILES string of the molecule is CCNC(=NCCc1ccccn1)NCCc1ccn(-c2ccc(F)cc2)n1.I. The van der Waals surface area contributed by atoms with Crippen molar-refractivity contribution in [3.05, 3.63) is 78.1 Å². The van der Waals surface area contributed by atoms with Crippen LogP contribution < -0.4 is 10.6 Å². The highest BCUT2D eigenvalue weighted by Crippen LogP contribution is 2.09. The second-order valence-corrected chi connectivity index (χ2v) is 6.24. The molecule has 0 fully saturated rings. The quantitative estimate of drug-likeness (QED) is 0.278. The summed E-state index contributed by atoms with van der Waals surface area (Å²) in [6, 6.07) is 14.2. The summed E-state index contributed by atoms with van der Waals surface area (Å²) in [5.41, 5.74) is 2.83. The van der Waals surface area contributed by atoms with Crippen molar-refractivity contribution in [3.63, 3.8) is 0 Å². The summed E-state index contributed by atoms with van der Waals surface area (Å²) >= 11 is 0. The van der Waals surface area contributed by atoms with Crippen molar-refractivity contribution in [2.75, 3.05) is 19.6 Å². The van der Waals surface area contributed by atoms with Gasteiger partial charge in [0.15, 0.2) is 5.96 Å². The van der Waals surface area contributed by atoms with E-state index in [9.17, 15) is 4.39 Å². The zero-order chi connectivity index (χ0) is 19.6. The molecule has 0 unspecified atom stereocenters. The molecule has 3 aromatic rings. The predicted molar refractivity (Wildman–Crippen MR) is 125 cm³/mol. The number of pyridine rings is 1. The van der Waals surface area contributed by atoms with E-state index in [0.717, 1.165) is 49.0 Å². The number of halogens is 2. The smallest absolute Gasteiger partial charge is 0.191 e. The molecule has 1 aromatic carbocycles. The molecule has 0 aliphatic heterocycles. The first-order valence-electron chi connectivity index (χ1n) is 9.47. The average Bonchev–Trinajstić information content (AvgIpc) is 3.18. The number of nitrogens with zero attached hydrogens (tertiary/aromatic N) is 4. The Labute approximate surface area is 187 Å². The largest absolute Gasteiger partial charge is 0.357 e. The number of aromatic nitrogens is 3. The summed E-state index contributed by atoms with van der Waals surface area (Å²) in [5, 5.41) is 11.1. The van der Waals surface area contributed by atoms with Gasteiger partial charge in [0.25, 0.3) is 0 Å². The maximum absolute atomic E-state index is 13.0. The number of aliphatic imine (C=N–C) groups is 1. The molecule has 6 nitrogen and oxygen atoms in total. The van der Waals surface area contributed by atoms with Crippen molar-refractivity contribution >= 4 is 29.9 Å². The van der Waals surface area contributed by atoms with Gasteiger partial charge in [-0.3, -0.25) is 9.98 Å². The summed E-state index contributed by atoms with van der Waals surface area (Å²) in [5.74, 6) is 0.537. The lowest BCUT2D eigenvalue weighted by Crippen LogP contribution is -2.38. The number of rotatable bonds is 8. The van der Waals surface area contributed by atoms with Gasteiger partial charge in [-0.15, -0.1) is 24.0 Å². The van der Waals surface area contributed by atoms with Crippen LogP contribution in [0.1, 0.15) is 18.3 Å². The van der Waals surface area contributed by atoms with E-state index in [-0.39, 0.29) is 29.8 Å².